The zero-order valence-electron chi connectivity index (χ0n) is 24.3. The zero-order valence-corrected chi connectivity index (χ0v) is 24.3. The van der Waals surface area contributed by atoms with Crippen molar-refractivity contribution in [3.63, 3.8) is 0 Å². The van der Waals surface area contributed by atoms with Crippen LogP contribution in [0.1, 0.15) is 25.0 Å². The van der Waals surface area contributed by atoms with E-state index in [9.17, 15) is 0 Å². The number of hydrogen-bond donors (Lipinski definition) is 0. The Hall–Kier alpha value is -5.28. The summed E-state index contributed by atoms with van der Waals surface area (Å²) in [5, 5.41) is 4.88. The molecule has 8 aromatic rings. The zero-order chi connectivity index (χ0) is 28.9. The van der Waals surface area contributed by atoms with Crippen molar-refractivity contribution in [3.8, 4) is 33.7 Å². The first-order valence-corrected chi connectivity index (χ1v) is 14.8. The lowest BCUT2D eigenvalue weighted by molar-refractivity contribution is 0.415. The van der Waals surface area contributed by atoms with Crippen molar-refractivity contribution >= 4 is 43.7 Å². The number of nitrogens with zero attached hydrogens (tertiary/aromatic N) is 1. The third-order valence-corrected chi connectivity index (χ3v) is 9.51. The lowest BCUT2D eigenvalue weighted by Gasteiger charge is -2.21. The van der Waals surface area contributed by atoms with E-state index in [2.05, 4.69) is 122 Å². The van der Waals surface area contributed by atoms with Crippen LogP contribution in [0.3, 0.4) is 0 Å². The lowest BCUT2D eigenvalue weighted by Crippen LogP contribution is -2.15. The molecule has 0 saturated heterocycles. The second-order valence-corrected chi connectivity index (χ2v) is 12.2. The van der Waals surface area contributed by atoms with Gasteiger partial charge in [-0.3, -0.25) is 0 Å². The standard InChI is InChI=1S/C40H29NO2/c1-40(2)34-22-37-32(20-30(34)31-21-33-29-9-5-7-11-38(29)43-39(33)23-35(31)40)28-8-4-6-10-36(28)41(37)26-16-12-24(13-17-26)25-14-18-27(42-3)19-15-25/h4-23H,1-3H3. The third kappa shape index (κ3) is 3.36. The molecule has 2 heterocycles. The molecule has 0 amide bonds. The Labute approximate surface area is 249 Å². The number of ether oxygens (including phenoxy) is 1. The van der Waals surface area contributed by atoms with Gasteiger partial charge in [0.15, 0.2) is 0 Å². The van der Waals surface area contributed by atoms with Crippen LogP contribution in [0.25, 0.3) is 71.7 Å². The molecule has 9 rings (SSSR count). The molecular formula is C40H29NO2. The van der Waals surface area contributed by atoms with Gasteiger partial charge in [0.25, 0.3) is 0 Å². The van der Waals surface area contributed by atoms with Gasteiger partial charge in [0, 0.05) is 32.6 Å². The van der Waals surface area contributed by atoms with Gasteiger partial charge in [0.2, 0.25) is 0 Å². The number of rotatable bonds is 3. The Bertz CT molecular complexity index is 2390. The van der Waals surface area contributed by atoms with Crippen LogP contribution in [0.4, 0.5) is 0 Å². The minimum absolute atomic E-state index is 0.161. The Kier molecular flexibility index (Phi) is 4.88. The summed E-state index contributed by atoms with van der Waals surface area (Å²) in [6, 6.07) is 43.7. The van der Waals surface area contributed by atoms with Crippen molar-refractivity contribution in [2.45, 2.75) is 19.3 Å². The fraction of sp³-hybridized carbons (Fsp3) is 0.100. The van der Waals surface area contributed by atoms with Crippen molar-refractivity contribution in [2.24, 2.45) is 0 Å². The monoisotopic (exact) mass is 555 g/mol. The van der Waals surface area contributed by atoms with Crippen LogP contribution in [0.5, 0.6) is 5.75 Å². The molecule has 0 saturated carbocycles. The predicted molar refractivity (Wildman–Crippen MR) is 178 cm³/mol. The molecule has 0 fully saturated rings. The number of para-hydroxylation sites is 2. The predicted octanol–water partition coefficient (Wildman–Crippen LogP) is 10.7. The number of hydrogen-bond acceptors (Lipinski definition) is 2. The summed E-state index contributed by atoms with van der Waals surface area (Å²) < 4.78 is 14.1. The molecule has 3 nitrogen and oxygen atoms in total. The van der Waals surface area contributed by atoms with E-state index in [4.69, 9.17) is 9.15 Å². The summed E-state index contributed by atoms with van der Waals surface area (Å²) in [5.41, 5.74) is 13.0. The van der Waals surface area contributed by atoms with Gasteiger partial charge in [-0.1, -0.05) is 74.5 Å². The molecule has 2 aromatic heterocycles. The van der Waals surface area contributed by atoms with E-state index in [1.54, 1.807) is 7.11 Å². The molecule has 0 spiro atoms. The number of benzene rings is 6. The summed E-state index contributed by atoms with van der Waals surface area (Å²) in [6.45, 7) is 4.68. The second kappa shape index (κ2) is 8.62. The largest absolute Gasteiger partial charge is 0.497 e. The Morgan fingerprint density at radius 1 is 0.558 bits per heavy atom. The summed E-state index contributed by atoms with van der Waals surface area (Å²) in [7, 11) is 1.70. The highest BCUT2D eigenvalue weighted by molar-refractivity contribution is 6.13. The van der Waals surface area contributed by atoms with E-state index in [1.165, 1.54) is 66.0 Å². The quantitative estimate of drug-likeness (QED) is 0.217. The lowest BCUT2D eigenvalue weighted by atomic mass is 9.82. The summed E-state index contributed by atoms with van der Waals surface area (Å²) in [6.07, 6.45) is 0. The maximum atomic E-state index is 6.31. The van der Waals surface area contributed by atoms with Crippen molar-refractivity contribution < 1.29 is 9.15 Å². The minimum atomic E-state index is -0.161. The Morgan fingerprint density at radius 2 is 1.19 bits per heavy atom. The van der Waals surface area contributed by atoms with Gasteiger partial charge in [0.1, 0.15) is 16.9 Å². The van der Waals surface area contributed by atoms with Crippen molar-refractivity contribution in [1.82, 2.24) is 4.57 Å². The summed E-state index contributed by atoms with van der Waals surface area (Å²) in [5.74, 6) is 0.866. The van der Waals surface area contributed by atoms with E-state index >= 15 is 0 Å². The van der Waals surface area contributed by atoms with E-state index in [-0.39, 0.29) is 5.41 Å². The van der Waals surface area contributed by atoms with E-state index < -0.39 is 0 Å². The highest BCUT2D eigenvalue weighted by Crippen LogP contribution is 2.52. The number of fused-ring (bicyclic) bond motifs is 9. The molecule has 0 aliphatic heterocycles. The molecule has 206 valence electrons. The number of methoxy groups -OCH3 is 1. The average Bonchev–Trinajstić information content (AvgIpc) is 3.65. The summed E-state index contributed by atoms with van der Waals surface area (Å²) >= 11 is 0. The van der Waals surface area contributed by atoms with Crippen LogP contribution in [-0.2, 0) is 5.41 Å². The fourth-order valence-electron chi connectivity index (χ4n) is 7.28. The van der Waals surface area contributed by atoms with Crippen molar-refractivity contribution in [1.29, 1.82) is 0 Å². The van der Waals surface area contributed by atoms with Crippen LogP contribution < -0.4 is 4.74 Å². The van der Waals surface area contributed by atoms with Gasteiger partial charge in [-0.25, -0.2) is 0 Å². The van der Waals surface area contributed by atoms with Gasteiger partial charge in [-0.15, -0.1) is 0 Å². The molecule has 0 bridgehead atoms. The topological polar surface area (TPSA) is 27.3 Å². The minimum Gasteiger partial charge on any atom is -0.497 e. The Morgan fingerprint density at radius 3 is 1.93 bits per heavy atom. The highest BCUT2D eigenvalue weighted by atomic mass is 16.5. The SMILES string of the molecule is COc1ccc(-c2ccc(-n3c4ccccc4c4cc5c(cc43)C(C)(C)c3cc4oc6ccccc6c4cc3-5)cc2)cc1. The Balaban J connectivity index is 1.25. The molecule has 0 unspecified atom stereocenters. The smallest absolute Gasteiger partial charge is 0.135 e. The number of aromatic nitrogens is 1. The van der Waals surface area contributed by atoms with Crippen LogP contribution in [0.2, 0.25) is 0 Å². The first-order chi connectivity index (χ1) is 21.0. The second-order valence-electron chi connectivity index (χ2n) is 12.2. The molecule has 1 aliphatic rings. The molecule has 0 radical (unpaired) electrons. The first kappa shape index (κ1) is 24.3. The fourth-order valence-corrected chi connectivity index (χ4v) is 7.28. The maximum Gasteiger partial charge on any atom is 0.135 e. The molecule has 0 N–H and O–H groups in total. The van der Waals surface area contributed by atoms with E-state index in [0.29, 0.717) is 0 Å². The van der Waals surface area contributed by atoms with Crippen molar-refractivity contribution in [2.75, 3.05) is 7.11 Å². The maximum absolute atomic E-state index is 6.31. The van der Waals surface area contributed by atoms with Gasteiger partial charge in [-0.2, -0.15) is 0 Å². The van der Waals surface area contributed by atoms with Gasteiger partial charge < -0.3 is 13.7 Å². The third-order valence-electron chi connectivity index (χ3n) is 9.51. The molecule has 3 heteroatoms. The van der Waals surface area contributed by atoms with Crippen LogP contribution in [0.15, 0.2) is 126 Å². The van der Waals surface area contributed by atoms with Crippen LogP contribution >= 0.6 is 0 Å². The number of furan rings is 1. The van der Waals surface area contributed by atoms with E-state index in [0.717, 1.165) is 22.6 Å². The van der Waals surface area contributed by atoms with Crippen LogP contribution in [-0.4, -0.2) is 11.7 Å². The van der Waals surface area contributed by atoms with E-state index in [1.807, 2.05) is 18.2 Å². The van der Waals surface area contributed by atoms with Crippen molar-refractivity contribution in [3.05, 3.63) is 132 Å². The van der Waals surface area contributed by atoms with Crippen LogP contribution in [0, 0.1) is 0 Å². The molecule has 6 aromatic carbocycles. The van der Waals surface area contributed by atoms with Gasteiger partial charge >= 0.3 is 0 Å². The van der Waals surface area contributed by atoms with Gasteiger partial charge in [0.05, 0.1) is 18.1 Å². The highest BCUT2D eigenvalue weighted by Gasteiger charge is 2.37. The average molecular weight is 556 g/mol. The normalized spacial score (nSPS) is 13.7. The molecular weight excluding hydrogens is 526 g/mol. The first-order valence-electron chi connectivity index (χ1n) is 14.8. The summed E-state index contributed by atoms with van der Waals surface area (Å²) in [4.78, 5) is 0. The molecule has 1 aliphatic carbocycles. The molecule has 43 heavy (non-hydrogen) atoms. The molecule has 0 atom stereocenters. The van der Waals surface area contributed by atoms with Gasteiger partial charge in [-0.05, 0) is 94.0 Å².